The standard InChI is InChI=1S/C20H27N3O4/c1-3-27-20(26)23-9-7-22(8-10-23)19(25)17-12-16(17)18(24)21-13-15-6-4-5-14(2)11-15/h4-6,11,16-17H,3,7-10,12-13H2,1-2H3,(H,21,24). The Morgan fingerprint density at radius 3 is 2.48 bits per heavy atom. The lowest BCUT2D eigenvalue weighted by Gasteiger charge is -2.34. The van der Waals surface area contributed by atoms with Crippen molar-refractivity contribution in [3.8, 4) is 0 Å². The lowest BCUT2D eigenvalue weighted by atomic mass is 10.1. The third-order valence-corrected chi connectivity index (χ3v) is 5.11. The van der Waals surface area contributed by atoms with Crippen LogP contribution in [0.25, 0.3) is 0 Å². The van der Waals surface area contributed by atoms with E-state index in [0.717, 1.165) is 11.1 Å². The summed E-state index contributed by atoms with van der Waals surface area (Å²) in [6.45, 7) is 6.55. The number of nitrogens with zero attached hydrogens (tertiary/aromatic N) is 2. The maximum Gasteiger partial charge on any atom is 0.409 e. The molecule has 146 valence electrons. The van der Waals surface area contributed by atoms with Gasteiger partial charge in [-0.15, -0.1) is 0 Å². The van der Waals surface area contributed by atoms with E-state index < -0.39 is 0 Å². The van der Waals surface area contributed by atoms with Crippen molar-refractivity contribution in [3.63, 3.8) is 0 Å². The van der Waals surface area contributed by atoms with Gasteiger partial charge in [0.2, 0.25) is 11.8 Å². The van der Waals surface area contributed by atoms with Gasteiger partial charge in [-0.05, 0) is 25.8 Å². The molecular weight excluding hydrogens is 346 g/mol. The van der Waals surface area contributed by atoms with E-state index in [-0.39, 0.29) is 29.7 Å². The summed E-state index contributed by atoms with van der Waals surface area (Å²) in [6.07, 6.45) is 0.278. The Hall–Kier alpha value is -2.57. The minimum atomic E-state index is -0.329. The lowest BCUT2D eigenvalue weighted by Crippen LogP contribution is -2.51. The predicted octanol–water partition coefficient (Wildman–Crippen LogP) is 1.55. The first kappa shape index (κ1) is 19.2. The number of piperazine rings is 1. The minimum absolute atomic E-state index is 0.0224. The van der Waals surface area contributed by atoms with Gasteiger partial charge in [0.25, 0.3) is 0 Å². The quantitative estimate of drug-likeness (QED) is 0.849. The van der Waals surface area contributed by atoms with Gasteiger partial charge < -0.3 is 19.9 Å². The second-order valence-corrected chi connectivity index (χ2v) is 7.17. The Balaban J connectivity index is 1.42. The van der Waals surface area contributed by atoms with E-state index in [4.69, 9.17) is 4.74 Å². The largest absolute Gasteiger partial charge is 0.450 e. The summed E-state index contributed by atoms with van der Waals surface area (Å²) >= 11 is 0. The summed E-state index contributed by atoms with van der Waals surface area (Å²) in [5.41, 5.74) is 2.21. The predicted molar refractivity (Wildman–Crippen MR) is 99.8 cm³/mol. The number of aryl methyl sites for hydroxylation is 1. The lowest BCUT2D eigenvalue weighted by molar-refractivity contribution is -0.136. The van der Waals surface area contributed by atoms with E-state index >= 15 is 0 Å². The molecule has 27 heavy (non-hydrogen) atoms. The number of nitrogens with one attached hydrogen (secondary N) is 1. The molecule has 1 aliphatic heterocycles. The van der Waals surface area contributed by atoms with Gasteiger partial charge in [0.1, 0.15) is 0 Å². The molecule has 1 saturated heterocycles. The highest BCUT2D eigenvalue weighted by Gasteiger charge is 2.49. The van der Waals surface area contributed by atoms with Crippen LogP contribution in [0, 0.1) is 18.8 Å². The van der Waals surface area contributed by atoms with E-state index in [2.05, 4.69) is 5.32 Å². The summed E-state index contributed by atoms with van der Waals surface area (Å²) < 4.78 is 4.99. The molecule has 2 unspecified atom stereocenters. The second kappa shape index (κ2) is 8.41. The number of ether oxygens (including phenoxy) is 1. The highest BCUT2D eigenvalue weighted by atomic mass is 16.6. The number of amides is 3. The van der Waals surface area contributed by atoms with Crippen molar-refractivity contribution >= 4 is 17.9 Å². The first-order valence-corrected chi connectivity index (χ1v) is 9.53. The third kappa shape index (κ3) is 4.78. The zero-order valence-electron chi connectivity index (χ0n) is 15.9. The van der Waals surface area contributed by atoms with Crippen molar-refractivity contribution < 1.29 is 19.1 Å². The number of carbonyl (C=O) groups is 3. The molecule has 1 aliphatic carbocycles. The van der Waals surface area contributed by atoms with Gasteiger partial charge in [-0.25, -0.2) is 4.79 Å². The monoisotopic (exact) mass is 373 g/mol. The molecule has 0 aromatic heterocycles. The Kier molecular flexibility index (Phi) is 5.98. The maximum absolute atomic E-state index is 12.6. The van der Waals surface area contributed by atoms with Crippen LogP contribution in [0.4, 0.5) is 4.79 Å². The highest BCUT2D eigenvalue weighted by Crippen LogP contribution is 2.40. The van der Waals surface area contributed by atoms with Crippen LogP contribution in [0.3, 0.4) is 0 Å². The molecule has 1 heterocycles. The Morgan fingerprint density at radius 2 is 1.81 bits per heavy atom. The van der Waals surface area contributed by atoms with Gasteiger partial charge in [0.05, 0.1) is 18.4 Å². The topological polar surface area (TPSA) is 79.0 Å². The molecule has 1 aromatic carbocycles. The number of hydrogen-bond acceptors (Lipinski definition) is 4. The maximum atomic E-state index is 12.6. The van der Waals surface area contributed by atoms with Crippen LogP contribution in [0.5, 0.6) is 0 Å². The molecule has 1 saturated carbocycles. The van der Waals surface area contributed by atoms with Crippen LogP contribution >= 0.6 is 0 Å². The zero-order valence-corrected chi connectivity index (χ0v) is 15.9. The fraction of sp³-hybridized carbons (Fsp3) is 0.550. The molecule has 7 heteroatoms. The van der Waals surface area contributed by atoms with E-state index in [1.165, 1.54) is 0 Å². The fourth-order valence-electron chi connectivity index (χ4n) is 3.46. The minimum Gasteiger partial charge on any atom is -0.450 e. The summed E-state index contributed by atoms with van der Waals surface area (Å²) in [7, 11) is 0. The Labute approximate surface area is 159 Å². The Morgan fingerprint density at radius 1 is 1.11 bits per heavy atom. The van der Waals surface area contributed by atoms with Gasteiger partial charge in [0.15, 0.2) is 0 Å². The van der Waals surface area contributed by atoms with Gasteiger partial charge in [-0.2, -0.15) is 0 Å². The normalized spacial score (nSPS) is 21.6. The summed E-state index contributed by atoms with van der Waals surface area (Å²) in [5, 5.41) is 2.93. The Bertz CT molecular complexity index is 713. The average molecular weight is 373 g/mol. The van der Waals surface area contributed by atoms with Crippen LogP contribution in [-0.4, -0.2) is 60.5 Å². The number of hydrogen-bond donors (Lipinski definition) is 1. The molecule has 2 aliphatic rings. The number of rotatable bonds is 5. The molecule has 2 atom stereocenters. The SMILES string of the molecule is CCOC(=O)N1CCN(C(=O)C2CC2C(=O)NCc2cccc(C)c2)CC1. The summed E-state index contributed by atoms with van der Waals surface area (Å²) in [4.78, 5) is 40.0. The van der Waals surface area contributed by atoms with Gasteiger partial charge in [0, 0.05) is 32.7 Å². The molecule has 2 fully saturated rings. The van der Waals surface area contributed by atoms with Gasteiger partial charge >= 0.3 is 6.09 Å². The van der Waals surface area contributed by atoms with E-state index in [1.807, 2.05) is 31.2 Å². The number of benzene rings is 1. The van der Waals surface area contributed by atoms with E-state index in [1.54, 1.807) is 16.7 Å². The van der Waals surface area contributed by atoms with Crippen molar-refractivity contribution in [3.05, 3.63) is 35.4 Å². The molecule has 0 spiro atoms. The van der Waals surface area contributed by atoms with Gasteiger partial charge in [-0.1, -0.05) is 29.8 Å². The van der Waals surface area contributed by atoms with Crippen molar-refractivity contribution in [1.29, 1.82) is 0 Å². The van der Waals surface area contributed by atoms with Crippen molar-refractivity contribution in [2.75, 3.05) is 32.8 Å². The second-order valence-electron chi connectivity index (χ2n) is 7.17. The van der Waals surface area contributed by atoms with Crippen LogP contribution in [-0.2, 0) is 20.9 Å². The summed E-state index contributed by atoms with van der Waals surface area (Å²) in [6, 6.07) is 8.00. The molecular formula is C20H27N3O4. The first-order valence-electron chi connectivity index (χ1n) is 9.53. The van der Waals surface area contributed by atoms with Crippen molar-refractivity contribution in [2.24, 2.45) is 11.8 Å². The molecule has 3 rings (SSSR count). The fourth-order valence-corrected chi connectivity index (χ4v) is 3.46. The first-order chi connectivity index (χ1) is 13.0. The molecule has 0 radical (unpaired) electrons. The molecule has 1 N–H and O–H groups in total. The van der Waals surface area contributed by atoms with Crippen molar-refractivity contribution in [2.45, 2.75) is 26.8 Å². The van der Waals surface area contributed by atoms with Crippen LogP contribution in [0.15, 0.2) is 24.3 Å². The van der Waals surface area contributed by atoms with Crippen LogP contribution in [0.1, 0.15) is 24.5 Å². The smallest absolute Gasteiger partial charge is 0.409 e. The van der Waals surface area contributed by atoms with E-state index in [0.29, 0.717) is 45.8 Å². The highest BCUT2D eigenvalue weighted by molar-refractivity contribution is 5.92. The van der Waals surface area contributed by atoms with Crippen LogP contribution < -0.4 is 5.32 Å². The van der Waals surface area contributed by atoms with Gasteiger partial charge in [-0.3, -0.25) is 9.59 Å². The molecule has 1 aromatic rings. The number of carbonyl (C=O) groups excluding carboxylic acids is 3. The van der Waals surface area contributed by atoms with Crippen molar-refractivity contribution in [1.82, 2.24) is 15.1 Å². The summed E-state index contributed by atoms with van der Waals surface area (Å²) in [5.74, 6) is -0.490. The third-order valence-electron chi connectivity index (χ3n) is 5.11. The zero-order chi connectivity index (χ0) is 19.4. The molecule has 3 amide bonds. The van der Waals surface area contributed by atoms with Crippen LogP contribution in [0.2, 0.25) is 0 Å². The molecule has 7 nitrogen and oxygen atoms in total. The average Bonchev–Trinajstić information content (AvgIpc) is 3.47. The molecule has 0 bridgehead atoms. The van der Waals surface area contributed by atoms with E-state index in [9.17, 15) is 14.4 Å².